The third-order valence-corrected chi connectivity index (χ3v) is 9.11. The highest BCUT2D eigenvalue weighted by Gasteiger charge is 2.56. The number of fused-ring (bicyclic) bond motifs is 2. The van der Waals surface area contributed by atoms with E-state index >= 15 is 0 Å². The summed E-state index contributed by atoms with van der Waals surface area (Å²) in [4.78, 5) is 49.3. The number of Topliss-reactive ketones (excluding diaryl/α,β-unsaturated/α-hetero) is 1. The Balaban J connectivity index is 1.28. The zero-order valence-electron chi connectivity index (χ0n) is 22.6. The summed E-state index contributed by atoms with van der Waals surface area (Å²) in [5.74, 6) is -0.0563. The number of nitrogens with zero attached hydrogens (tertiary/aromatic N) is 5. The molecule has 2 fully saturated rings. The lowest BCUT2D eigenvalue weighted by atomic mass is 10.0. The molecule has 4 heterocycles. The first kappa shape index (κ1) is 28.1. The van der Waals surface area contributed by atoms with Gasteiger partial charge in [-0.1, -0.05) is 12.1 Å². The molecule has 0 radical (unpaired) electrons. The minimum atomic E-state index is -3.96. The lowest BCUT2D eigenvalue weighted by molar-refractivity contribution is -0.138. The van der Waals surface area contributed by atoms with Crippen LogP contribution in [-0.2, 0) is 26.2 Å². The van der Waals surface area contributed by atoms with Crippen LogP contribution in [0.2, 0.25) is 0 Å². The summed E-state index contributed by atoms with van der Waals surface area (Å²) in [6, 6.07) is 9.57. The molecule has 0 bridgehead atoms. The number of pyridine rings is 2. The Morgan fingerprint density at radius 1 is 1.12 bits per heavy atom. The molecule has 1 saturated carbocycles. The number of rotatable bonds is 7. The molecule has 1 aliphatic heterocycles. The third-order valence-electron chi connectivity index (χ3n) is 7.79. The quantitative estimate of drug-likeness (QED) is 0.227. The van der Waals surface area contributed by atoms with Crippen molar-refractivity contribution in [3.05, 3.63) is 64.7 Å². The molecule has 0 spiro atoms. The van der Waals surface area contributed by atoms with Gasteiger partial charge in [-0.25, -0.2) is 18.5 Å². The number of aryl methyl sites for hydroxylation is 1. The van der Waals surface area contributed by atoms with Crippen molar-refractivity contribution in [2.24, 2.45) is 17.0 Å². The lowest BCUT2D eigenvalue weighted by Crippen LogP contribution is -2.47. The predicted octanol–water partition coefficient (Wildman–Crippen LogP) is 2.90. The summed E-state index contributed by atoms with van der Waals surface area (Å²) in [6.45, 7) is 3.54. The maximum Gasteiger partial charge on any atom is 0.248 e. The molecule has 1 aromatic carbocycles. The number of primary sulfonamides is 1. The van der Waals surface area contributed by atoms with Crippen molar-refractivity contribution in [1.82, 2.24) is 24.6 Å². The molecule has 3 N–H and O–H groups in total. The fourth-order valence-corrected chi connectivity index (χ4v) is 6.38. The summed E-state index contributed by atoms with van der Waals surface area (Å²) in [7, 11) is -3.96. The van der Waals surface area contributed by atoms with Crippen molar-refractivity contribution in [2.45, 2.75) is 37.8 Å². The van der Waals surface area contributed by atoms with E-state index in [0.29, 0.717) is 39.0 Å². The first-order chi connectivity index (χ1) is 19.9. The van der Waals surface area contributed by atoms with Crippen LogP contribution in [0.5, 0.6) is 0 Å². The van der Waals surface area contributed by atoms with Gasteiger partial charge in [-0.05, 0) is 76.5 Å². The van der Waals surface area contributed by atoms with E-state index in [0.717, 1.165) is 18.2 Å². The molecule has 2 amide bonds. The number of ketones is 1. The average Bonchev–Trinajstić information content (AvgIpc) is 3.45. The van der Waals surface area contributed by atoms with Crippen molar-refractivity contribution < 1.29 is 22.8 Å². The van der Waals surface area contributed by atoms with Crippen LogP contribution in [0.25, 0.3) is 22.0 Å². The van der Waals surface area contributed by atoms with Crippen molar-refractivity contribution in [3.63, 3.8) is 0 Å². The topological polar surface area (TPSA) is 170 Å². The highest BCUT2D eigenvalue weighted by atomic mass is 79.9. The standard InChI is InChI=1S/C28H26BrN7O5S/c1-14-3-6-23(29)32-27(14)33-28(39)26-20-9-18(20)12-35(26)24(38)13-36-22-5-4-16(8-21(22)25(34-36)15(2)37)17-7-19(11-31-10-17)42(30,40)41/h3-8,10-11,18,20,26H,9,12-13H2,1-2H3,(H2,30,40,41)(H,32,33,39)/t18-,20-,26+/m1/s1. The minimum absolute atomic E-state index is 0.0906. The van der Waals surface area contributed by atoms with Gasteiger partial charge in [0.15, 0.2) is 5.78 Å². The lowest BCUT2D eigenvalue weighted by Gasteiger charge is -2.27. The van der Waals surface area contributed by atoms with Gasteiger partial charge in [0.1, 0.15) is 33.6 Å². The van der Waals surface area contributed by atoms with Crippen LogP contribution in [0.4, 0.5) is 5.82 Å². The van der Waals surface area contributed by atoms with Gasteiger partial charge in [0.2, 0.25) is 21.8 Å². The Kier molecular flexibility index (Phi) is 6.94. The van der Waals surface area contributed by atoms with E-state index in [1.807, 2.05) is 13.0 Å². The Labute approximate surface area is 249 Å². The van der Waals surface area contributed by atoms with Crippen LogP contribution >= 0.6 is 15.9 Å². The molecule has 12 nitrogen and oxygen atoms in total. The van der Waals surface area contributed by atoms with Crippen molar-refractivity contribution in [1.29, 1.82) is 0 Å². The molecule has 14 heteroatoms. The van der Waals surface area contributed by atoms with Crippen LogP contribution in [0.15, 0.2) is 58.3 Å². The monoisotopic (exact) mass is 651 g/mol. The number of nitrogens with one attached hydrogen (secondary N) is 1. The predicted molar refractivity (Wildman–Crippen MR) is 157 cm³/mol. The van der Waals surface area contributed by atoms with Gasteiger partial charge in [0.05, 0.1) is 5.52 Å². The van der Waals surface area contributed by atoms with Crippen LogP contribution in [0.3, 0.4) is 0 Å². The van der Waals surface area contributed by atoms with Gasteiger partial charge in [-0.15, -0.1) is 0 Å². The average molecular weight is 653 g/mol. The SMILES string of the molecule is CC(=O)c1nn(CC(=O)N2C[C@H]3C[C@H]3[C@H]2C(=O)Nc2nc(Br)ccc2C)c2ccc(-c3cncc(S(N)(=O)=O)c3)cc12. The number of nitrogens with two attached hydrogens (primary N) is 1. The molecule has 4 aromatic rings. The molecular formula is C28H26BrN7O5S. The number of halogens is 1. The number of sulfonamides is 1. The second-order valence-corrected chi connectivity index (χ2v) is 13.1. The van der Waals surface area contributed by atoms with Gasteiger partial charge in [0, 0.05) is 36.8 Å². The number of benzene rings is 1. The Bertz CT molecular complexity index is 1910. The van der Waals surface area contributed by atoms with Crippen molar-refractivity contribution >= 4 is 60.3 Å². The number of amides is 2. The number of hydrogen-bond acceptors (Lipinski definition) is 8. The zero-order chi connectivity index (χ0) is 29.9. The van der Waals surface area contributed by atoms with E-state index in [1.165, 1.54) is 23.9 Å². The number of hydrogen-bond donors (Lipinski definition) is 2. The van der Waals surface area contributed by atoms with E-state index in [1.54, 1.807) is 29.2 Å². The van der Waals surface area contributed by atoms with E-state index in [-0.39, 0.29) is 46.6 Å². The highest BCUT2D eigenvalue weighted by Crippen LogP contribution is 2.50. The number of piperidine rings is 1. The highest BCUT2D eigenvalue weighted by molar-refractivity contribution is 9.10. The molecule has 6 rings (SSSR count). The van der Waals surface area contributed by atoms with Crippen molar-refractivity contribution in [2.75, 3.05) is 11.9 Å². The van der Waals surface area contributed by atoms with Crippen LogP contribution < -0.4 is 10.5 Å². The van der Waals surface area contributed by atoms with Gasteiger partial charge < -0.3 is 10.2 Å². The van der Waals surface area contributed by atoms with Gasteiger partial charge in [0.25, 0.3) is 0 Å². The molecule has 2 aliphatic rings. The van der Waals surface area contributed by atoms with Crippen molar-refractivity contribution in [3.8, 4) is 11.1 Å². The normalized spacial score (nSPS) is 19.5. The Morgan fingerprint density at radius 3 is 2.64 bits per heavy atom. The van der Waals surface area contributed by atoms with Gasteiger partial charge >= 0.3 is 0 Å². The number of carbonyl (C=O) groups excluding carboxylic acids is 3. The molecular weight excluding hydrogens is 626 g/mol. The molecule has 1 saturated heterocycles. The smallest absolute Gasteiger partial charge is 0.248 e. The summed E-state index contributed by atoms with van der Waals surface area (Å²) < 4.78 is 25.7. The minimum Gasteiger partial charge on any atom is -0.328 e. The van der Waals surface area contributed by atoms with E-state index in [9.17, 15) is 22.8 Å². The molecule has 42 heavy (non-hydrogen) atoms. The van der Waals surface area contributed by atoms with Crippen LogP contribution in [0, 0.1) is 18.8 Å². The first-order valence-electron chi connectivity index (χ1n) is 13.1. The Morgan fingerprint density at radius 2 is 1.90 bits per heavy atom. The first-order valence-corrected chi connectivity index (χ1v) is 15.5. The number of aromatic nitrogens is 4. The fourth-order valence-electron chi connectivity index (χ4n) is 5.57. The summed E-state index contributed by atoms with van der Waals surface area (Å²) in [6.07, 6.45) is 3.54. The zero-order valence-corrected chi connectivity index (χ0v) is 25.0. The summed E-state index contributed by atoms with van der Waals surface area (Å²) >= 11 is 3.33. The maximum atomic E-state index is 13.6. The van der Waals surface area contributed by atoms with E-state index in [2.05, 4.69) is 36.3 Å². The summed E-state index contributed by atoms with van der Waals surface area (Å²) in [5, 5.41) is 13.1. The molecule has 3 atom stereocenters. The van der Waals surface area contributed by atoms with Gasteiger partial charge in [-0.3, -0.25) is 24.0 Å². The summed E-state index contributed by atoms with van der Waals surface area (Å²) in [5.41, 5.74) is 2.61. The number of carbonyl (C=O) groups is 3. The third kappa shape index (κ3) is 5.21. The molecule has 1 aliphatic carbocycles. The second-order valence-electron chi connectivity index (χ2n) is 10.7. The second kappa shape index (κ2) is 10.4. The van der Waals surface area contributed by atoms with E-state index < -0.39 is 16.1 Å². The molecule has 216 valence electrons. The fraction of sp³-hybridized carbons (Fsp3) is 0.286. The van der Waals surface area contributed by atoms with Crippen LogP contribution in [-0.4, -0.2) is 63.3 Å². The number of anilines is 1. The molecule has 3 aromatic heterocycles. The van der Waals surface area contributed by atoms with E-state index in [4.69, 9.17) is 5.14 Å². The van der Waals surface area contributed by atoms with Crippen LogP contribution in [0.1, 0.15) is 29.4 Å². The van der Waals surface area contributed by atoms with Gasteiger partial charge in [-0.2, -0.15) is 5.10 Å². The molecule has 0 unspecified atom stereocenters. The number of likely N-dealkylation sites (tertiary alicyclic amines) is 1. The Hall–Kier alpha value is -4.01. The maximum absolute atomic E-state index is 13.6. The largest absolute Gasteiger partial charge is 0.328 e.